The lowest BCUT2D eigenvalue weighted by molar-refractivity contribution is -0.115. The minimum Gasteiger partial charge on any atom is -0.493 e. The Kier molecular flexibility index (Phi) is 5.83. The minimum absolute atomic E-state index is 0.228. The van der Waals surface area contributed by atoms with E-state index in [1.54, 1.807) is 62.8 Å². The first-order valence-corrected chi connectivity index (χ1v) is 9.01. The van der Waals surface area contributed by atoms with Crippen molar-refractivity contribution in [3.8, 4) is 11.5 Å². The van der Waals surface area contributed by atoms with E-state index in [1.165, 1.54) is 0 Å². The fourth-order valence-electron chi connectivity index (χ4n) is 2.32. The molecule has 0 radical (unpaired) electrons. The molecule has 27 heavy (non-hydrogen) atoms. The molecule has 0 unspecified atom stereocenters. The van der Waals surface area contributed by atoms with E-state index >= 15 is 0 Å². The van der Waals surface area contributed by atoms with Crippen LogP contribution in [0.3, 0.4) is 0 Å². The Morgan fingerprint density at radius 3 is 2.48 bits per heavy atom. The third-order valence-corrected chi connectivity index (χ3v) is 4.81. The van der Waals surface area contributed by atoms with E-state index in [9.17, 15) is 9.59 Å². The maximum absolute atomic E-state index is 12.2. The number of amidine groups is 1. The molecule has 1 saturated heterocycles. The number of halogens is 1. The van der Waals surface area contributed by atoms with Crippen LogP contribution in [-0.4, -0.2) is 31.2 Å². The SMILES string of the molecule is COc1ccc(/C=C2\SC(=NC(=O)c3ccc(Cl)cc3)NC2=O)cc1OC. The van der Waals surface area contributed by atoms with Crippen molar-refractivity contribution in [2.24, 2.45) is 4.99 Å². The molecular formula is C19H15ClN2O4S. The van der Waals surface area contributed by atoms with Crippen molar-refractivity contribution in [2.75, 3.05) is 14.2 Å². The Labute approximate surface area is 165 Å². The molecule has 1 aliphatic heterocycles. The summed E-state index contributed by atoms with van der Waals surface area (Å²) in [4.78, 5) is 28.7. The van der Waals surface area contributed by atoms with Crippen molar-refractivity contribution in [1.29, 1.82) is 0 Å². The van der Waals surface area contributed by atoms with Crippen molar-refractivity contribution in [1.82, 2.24) is 5.32 Å². The van der Waals surface area contributed by atoms with E-state index in [4.69, 9.17) is 21.1 Å². The van der Waals surface area contributed by atoms with Crippen LogP contribution in [0.2, 0.25) is 5.02 Å². The first-order chi connectivity index (χ1) is 13.0. The van der Waals surface area contributed by atoms with Gasteiger partial charge in [0.05, 0.1) is 19.1 Å². The molecule has 0 aliphatic carbocycles. The first kappa shape index (κ1) is 19.0. The molecule has 0 atom stereocenters. The molecule has 0 saturated carbocycles. The average molecular weight is 403 g/mol. The quantitative estimate of drug-likeness (QED) is 0.788. The summed E-state index contributed by atoms with van der Waals surface area (Å²) in [7, 11) is 3.09. The van der Waals surface area contributed by atoms with Crippen LogP contribution >= 0.6 is 23.4 Å². The van der Waals surface area contributed by atoms with E-state index in [1.807, 2.05) is 0 Å². The molecule has 8 heteroatoms. The van der Waals surface area contributed by atoms with Crippen LogP contribution < -0.4 is 14.8 Å². The summed E-state index contributed by atoms with van der Waals surface area (Å²) in [6.45, 7) is 0. The summed E-state index contributed by atoms with van der Waals surface area (Å²) < 4.78 is 10.5. The number of rotatable bonds is 4. The number of hydrogen-bond donors (Lipinski definition) is 1. The third-order valence-electron chi connectivity index (χ3n) is 3.65. The van der Waals surface area contributed by atoms with Crippen LogP contribution in [0.4, 0.5) is 0 Å². The van der Waals surface area contributed by atoms with Gasteiger partial charge < -0.3 is 14.8 Å². The topological polar surface area (TPSA) is 77.0 Å². The number of amides is 2. The zero-order valence-corrected chi connectivity index (χ0v) is 16.1. The molecule has 2 aromatic carbocycles. The molecule has 2 aromatic rings. The summed E-state index contributed by atoms with van der Waals surface area (Å²) in [5.41, 5.74) is 1.15. The standard InChI is InChI=1S/C19H15ClN2O4S/c1-25-14-8-3-11(9-15(14)26-2)10-16-18(24)22-19(27-16)21-17(23)12-4-6-13(20)7-5-12/h3-10H,1-2H3,(H,21,22,23,24)/b16-10-. The second-order valence-corrected chi connectivity index (χ2v) is 6.88. The second-order valence-electron chi connectivity index (χ2n) is 5.41. The number of benzene rings is 2. The largest absolute Gasteiger partial charge is 0.493 e. The molecule has 0 aromatic heterocycles. The summed E-state index contributed by atoms with van der Waals surface area (Å²) in [5, 5.41) is 3.35. The van der Waals surface area contributed by atoms with E-state index in [0.29, 0.717) is 27.0 Å². The van der Waals surface area contributed by atoms with Crippen molar-refractivity contribution in [3.05, 3.63) is 63.5 Å². The van der Waals surface area contributed by atoms with E-state index in [-0.39, 0.29) is 11.1 Å². The van der Waals surface area contributed by atoms with Crippen molar-refractivity contribution < 1.29 is 19.1 Å². The van der Waals surface area contributed by atoms with Gasteiger partial charge in [0, 0.05) is 10.6 Å². The number of carbonyl (C=O) groups is 2. The number of thioether (sulfide) groups is 1. The fourth-order valence-corrected chi connectivity index (χ4v) is 3.27. The van der Waals surface area contributed by atoms with Gasteiger partial charge in [-0.3, -0.25) is 9.59 Å². The number of hydrogen-bond acceptors (Lipinski definition) is 5. The van der Waals surface area contributed by atoms with E-state index in [2.05, 4.69) is 10.3 Å². The van der Waals surface area contributed by atoms with Crippen LogP contribution in [0, 0.1) is 0 Å². The molecule has 1 heterocycles. The lowest BCUT2D eigenvalue weighted by Gasteiger charge is -2.07. The minimum atomic E-state index is -0.457. The molecule has 0 bridgehead atoms. The van der Waals surface area contributed by atoms with Gasteiger partial charge >= 0.3 is 0 Å². The number of methoxy groups -OCH3 is 2. The number of nitrogens with zero attached hydrogens (tertiary/aromatic N) is 1. The number of aliphatic imine (C=N–C) groups is 1. The molecule has 138 valence electrons. The third kappa shape index (κ3) is 4.50. The van der Waals surface area contributed by atoms with Gasteiger partial charge in [-0.2, -0.15) is 4.99 Å². The lowest BCUT2D eigenvalue weighted by Crippen LogP contribution is -2.20. The van der Waals surface area contributed by atoms with Gasteiger partial charge in [0.1, 0.15) is 0 Å². The Bertz CT molecular complexity index is 955. The van der Waals surface area contributed by atoms with Crippen LogP contribution in [0.15, 0.2) is 52.4 Å². The second kappa shape index (κ2) is 8.28. The van der Waals surface area contributed by atoms with Gasteiger partial charge in [0.15, 0.2) is 16.7 Å². The highest BCUT2D eigenvalue weighted by Gasteiger charge is 2.25. The zero-order valence-electron chi connectivity index (χ0n) is 14.5. The maximum atomic E-state index is 12.2. The van der Waals surface area contributed by atoms with E-state index < -0.39 is 5.91 Å². The molecule has 6 nitrogen and oxygen atoms in total. The van der Waals surface area contributed by atoms with Crippen molar-refractivity contribution in [2.45, 2.75) is 0 Å². The summed E-state index contributed by atoms with van der Waals surface area (Å²) >= 11 is 6.90. The lowest BCUT2D eigenvalue weighted by atomic mass is 10.2. The van der Waals surface area contributed by atoms with Crippen LogP contribution in [0.5, 0.6) is 11.5 Å². The van der Waals surface area contributed by atoms with Gasteiger partial charge in [0.2, 0.25) is 0 Å². The number of ether oxygens (including phenoxy) is 2. The first-order valence-electron chi connectivity index (χ1n) is 7.81. The average Bonchev–Trinajstić information content (AvgIpc) is 3.00. The van der Waals surface area contributed by atoms with Crippen LogP contribution in [0.25, 0.3) is 6.08 Å². The van der Waals surface area contributed by atoms with Gasteiger partial charge in [-0.25, -0.2) is 0 Å². The predicted molar refractivity (Wildman–Crippen MR) is 106 cm³/mol. The smallest absolute Gasteiger partial charge is 0.279 e. The molecule has 1 aliphatic rings. The van der Waals surface area contributed by atoms with Gasteiger partial charge in [-0.05, 0) is 59.8 Å². The van der Waals surface area contributed by atoms with Gasteiger partial charge in [-0.1, -0.05) is 17.7 Å². The molecule has 3 rings (SSSR count). The molecule has 1 N–H and O–H groups in total. The summed E-state index contributed by atoms with van der Waals surface area (Å²) in [6, 6.07) is 11.7. The maximum Gasteiger partial charge on any atom is 0.279 e. The van der Waals surface area contributed by atoms with E-state index in [0.717, 1.165) is 17.3 Å². The van der Waals surface area contributed by atoms with Gasteiger partial charge in [0.25, 0.3) is 11.8 Å². The Hall–Kier alpha value is -2.77. The van der Waals surface area contributed by atoms with Crippen LogP contribution in [0.1, 0.15) is 15.9 Å². The predicted octanol–water partition coefficient (Wildman–Crippen LogP) is 3.76. The number of nitrogens with one attached hydrogen (secondary N) is 1. The number of carbonyl (C=O) groups excluding carboxylic acids is 2. The molecule has 2 amide bonds. The Morgan fingerprint density at radius 1 is 1.11 bits per heavy atom. The normalized spacial score (nSPS) is 16.5. The summed E-state index contributed by atoms with van der Waals surface area (Å²) in [6.07, 6.45) is 1.69. The molecular weight excluding hydrogens is 388 g/mol. The highest BCUT2D eigenvalue weighted by molar-refractivity contribution is 8.18. The Morgan fingerprint density at radius 2 is 1.81 bits per heavy atom. The highest BCUT2D eigenvalue weighted by atomic mass is 35.5. The Balaban J connectivity index is 1.79. The fraction of sp³-hybridized carbons (Fsp3) is 0.105. The van der Waals surface area contributed by atoms with Crippen molar-refractivity contribution in [3.63, 3.8) is 0 Å². The summed E-state index contributed by atoms with van der Waals surface area (Å²) in [5.74, 6) is 0.375. The van der Waals surface area contributed by atoms with Crippen LogP contribution in [-0.2, 0) is 4.79 Å². The van der Waals surface area contributed by atoms with Crippen molar-refractivity contribution >= 4 is 46.4 Å². The zero-order chi connectivity index (χ0) is 19.4. The van der Waals surface area contributed by atoms with Gasteiger partial charge in [-0.15, -0.1) is 0 Å². The molecule has 1 fully saturated rings. The molecule has 0 spiro atoms. The highest BCUT2D eigenvalue weighted by Crippen LogP contribution is 2.31. The monoisotopic (exact) mass is 402 g/mol.